The first kappa shape index (κ1) is 21.2. The Morgan fingerprint density at radius 1 is 1.17 bits per heavy atom. The predicted octanol–water partition coefficient (Wildman–Crippen LogP) is 3.94. The Bertz CT molecular complexity index is 1030. The molecule has 0 unspecified atom stereocenters. The average Bonchev–Trinajstić information content (AvgIpc) is 3.34. The highest BCUT2D eigenvalue weighted by molar-refractivity contribution is 5.92. The molecule has 0 fully saturated rings. The predicted molar refractivity (Wildman–Crippen MR) is 102 cm³/mol. The van der Waals surface area contributed by atoms with Crippen molar-refractivity contribution in [3.63, 3.8) is 0 Å². The van der Waals surface area contributed by atoms with Crippen molar-refractivity contribution in [1.29, 1.82) is 0 Å². The maximum absolute atomic E-state index is 13.0. The van der Waals surface area contributed by atoms with Crippen LogP contribution in [0.4, 0.5) is 19.0 Å². The highest BCUT2D eigenvalue weighted by atomic mass is 19.4. The van der Waals surface area contributed by atoms with Crippen LogP contribution in [0.1, 0.15) is 34.7 Å². The molecular formula is C20H19F3N4O3. The summed E-state index contributed by atoms with van der Waals surface area (Å²) in [6.45, 7) is 1.93. The zero-order valence-electron chi connectivity index (χ0n) is 16.0. The van der Waals surface area contributed by atoms with Crippen molar-refractivity contribution in [2.45, 2.75) is 25.9 Å². The van der Waals surface area contributed by atoms with Crippen LogP contribution >= 0.6 is 0 Å². The highest BCUT2D eigenvalue weighted by Gasteiger charge is 2.30. The van der Waals surface area contributed by atoms with Gasteiger partial charge in [-0.2, -0.15) is 18.3 Å². The van der Waals surface area contributed by atoms with Gasteiger partial charge in [-0.15, -0.1) is 0 Å². The summed E-state index contributed by atoms with van der Waals surface area (Å²) in [5.41, 5.74) is -0.0925. The normalized spacial score (nSPS) is 11.3. The first-order valence-corrected chi connectivity index (χ1v) is 9.10. The number of hydrogen-bond acceptors (Lipinski definition) is 4. The van der Waals surface area contributed by atoms with Gasteiger partial charge < -0.3 is 15.1 Å². The minimum atomic E-state index is -4.48. The molecule has 7 nitrogen and oxygen atoms in total. The van der Waals surface area contributed by atoms with Crippen molar-refractivity contribution in [2.24, 2.45) is 0 Å². The molecule has 10 heteroatoms. The van der Waals surface area contributed by atoms with Crippen LogP contribution in [0.5, 0.6) is 0 Å². The third-order valence-corrected chi connectivity index (χ3v) is 4.13. The first-order chi connectivity index (χ1) is 14.2. The Kier molecular flexibility index (Phi) is 6.24. The van der Waals surface area contributed by atoms with Gasteiger partial charge in [0.25, 0.3) is 5.91 Å². The third-order valence-electron chi connectivity index (χ3n) is 4.13. The fourth-order valence-corrected chi connectivity index (χ4v) is 2.75. The number of benzene rings is 1. The van der Waals surface area contributed by atoms with Gasteiger partial charge in [-0.25, -0.2) is 4.68 Å². The van der Waals surface area contributed by atoms with Gasteiger partial charge in [0.15, 0.2) is 5.76 Å². The van der Waals surface area contributed by atoms with Gasteiger partial charge in [-0.3, -0.25) is 9.59 Å². The van der Waals surface area contributed by atoms with Gasteiger partial charge in [-0.1, -0.05) is 6.07 Å². The van der Waals surface area contributed by atoms with Crippen molar-refractivity contribution >= 4 is 17.6 Å². The van der Waals surface area contributed by atoms with Crippen LogP contribution in [0.15, 0.2) is 53.1 Å². The molecule has 1 aromatic carbocycles. The lowest BCUT2D eigenvalue weighted by atomic mass is 10.2. The Labute approximate surface area is 169 Å². The smallest absolute Gasteiger partial charge is 0.416 e. The molecule has 2 amide bonds. The van der Waals surface area contributed by atoms with Crippen molar-refractivity contribution < 1.29 is 27.2 Å². The van der Waals surface area contributed by atoms with Crippen molar-refractivity contribution in [3.05, 3.63) is 65.7 Å². The summed E-state index contributed by atoms with van der Waals surface area (Å²) in [6.07, 6.45) is -2.63. The average molecular weight is 420 g/mol. The number of halogens is 3. The van der Waals surface area contributed by atoms with Crippen LogP contribution in [-0.4, -0.2) is 28.1 Å². The summed E-state index contributed by atoms with van der Waals surface area (Å²) in [4.78, 5) is 24.0. The van der Waals surface area contributed by atoms with E-state index in [2.05, 4.69) is 15.7 Å². The molecule has 3 aromatic rings. The van der Waals surface area contributed by atoms with Gasteiger partial charge in [0.1, 0.15) is 5.82 Å². The molecule has 2 heterocycles. The number of aromatic nitrogens is 2. The maximum atomic E-state index is 13.0. The van der Waals surface area contributed by atoms with Gasteiger partial charge >= 0.3 is 6.18 Å². The Morgan fingerprint density at radius 3 is 2.67 bits per heavy atom. The fraction of sp³-hybridized carbons (Fsp3) is 0.250. The van der Waals surface area contributed by atoms with Crippen LogP contribution in [0.25, 0.3) is 5.69 Å². The van der Waals surface area contributed by atoms with Gasteiger partial charge in [0, 0.05) is 19.0 Å². The Balaban J connectivity index is 1.59. The van der Waals surface area contributed by atoms with Crippen LogP contribution in [0.3, 0.4) is 0 Å². The number of amides is 2. The summed E-state index contributed by atoms with van der Waals surface area (Å²) in [5, 5.41) is 9.45. The standard InChI is InChI=1S/C20H19F3N4O3/c1-13-11-17(27(26-13)15-6-2-5-14(12-15)20(21,22)23)25-18(28)8-3-9-24-19(29)16-7-4-10-30-16/h2,4-7,10-12H,3,8-9H2,1H3,(H,24,29)(H,25,28). The van der Waals surface area contributed by atoms with Crippen LogP contribution < -0.4 is 10.6 Å². The van der Waals surface area contributed by atoms with Crippen molar-refractivity contribution in [2.75, 3.05) is 11.9 Å². The monoisotopic (exact) mass is 420 g/mol. The molecule has 2 aromatic heterocycles. The number of hydrogen-bond donors (Lipinski definition) is 2. The van der Waals surface area contributed by atoms with Gasteiger partial charge in [0.05, 0.1) is 23.2 Å². The highest BCUT2D eigenvalue weighted by Crippen LogP contribution is 2.31. The topological polar surface area (TPSA) is 89.2 Å². The molecular weight excluding hydrogens is 401 g/mol. The SMILES string of the molecule is Cc1cc(NC(=O)CCCNC(=O)c2ccco2)n(-c2cccc(C(F)(F)F)c2)n1. The quantitative estimate of drug-likeness (QED) is 0.567. The van der Waals surface area contributed by atoms with Crippen molar-refractivity contribution in [3.8, 4) is 5.69 Å². The molecule has 3 rings (SSSR count). The molecule has 0 atom stereocenters. The molecule has 0 saturated carbocycles. The number of carbonyl (C=O) groups excluding carboxylic acids is 2. The number of rotatable bonds is 7. The fourth-order valence-electron chi connectivity index (χ4n) is 2.75. The van der Waals surface area contributed by atoms with Crippen LogP contribution in [-0.2, 0) is 11.0 Å². The molecule has 0 saturated heterocycles. The summed E-state index contributed by atoms with van der Waals surface area (Å²) in [5.74, 6) is -0.287. The molecule has 0 bridgehead atoms. The lowest BCUT2D eigenvalue weighted by Crippen LogP contribution is -2.25. The minimum Gasteiger partial charge on any atom is -0.459 e. The molecule has 0 aliphatic rings. The number of furan rings is 1. The lowest BCUT2D eigenvalue weighted by Gasteiger charge is -2.12. The van der Waals surface area contributed by atoms with E-state index in [9.17, 15) is 22.8 Å². The second-order valence-corrected chi connectivity index (χ2v) is 6.52. The molecule has 0 aliphatic heterocycles. The Hall–Kier alpha value is -3.56. The van der Waals surface area contributed by atoms with E-state index in [1.807, 2.05) is 0 Å². The molecule has 30 heavy (non-hydrogen) atoms. The van der Waals surface area contributed by atoms with E-state index in [0.29, 0.717) is 12.1 Å². The van der Waals surface area contributed by atoms with Crippen LogP contribution in [0, 0.1) is 6.92 Å². The van der Waals surface area contributed by atoms with E-state index >= 15 is 0 Å². The lowest BCUT2D eigenvalue weighted by molar-refractivity contribution is -0.137. The zero-order chi connectivity index (χ0) is 21.7. The van der Waals surface area contributed by atoms with E-state index in [4.69, 9.17) is 4.42 Å². The summed E-state index contributed by atoms with van der Waals surface area (Å²) in [6, 6.07) is 9.37. The van der Waals surface area contributed by atoms with E-state index in [0.717, 1.165) is 12.1 Å². The molecule has 0 spiro atoms. The number of carbonyl (C=O) groups is 2. The largest absolute Gasteiger partial charge is 0.459 e. The van der Waals surface area contributed by atoms with E-state index in [1.165, 1.54) is 29.1 Å². The molecule has 158 valence electrons. The number of anilines is 1. The maximum Gasteiger partial charge on any atom is 0.416 e. The number of nitrogens with zero attached hydrogens (tertiary/aromatic N) is 2. The molecule has 2 N–H and O–H groups in total. The molecule has 0 aliphatic carbocycles. The Morgan fingerprint density at radius 2 is 1.97 bits per heavy atom. The minimum absolute atomic E-state index is 0.102. The molecule has 0 radical (unpaired) electrons. The second kappa shape index (κ2) is 8.85. The van der Waals surface area contributed by atoms with Crippen molar-refractivity contribution in [1.82, 2.24) is 15.1 Å². The first-order valence-electron chi connectivity index (χ1n) is 9.10. The summed E-state index contributed by atoms with van der Waals surface area (Å²) >= 11 is 0. The third kappa shape index (κ3) is 5.28. The zero-order valence-corrected chi connectivity index (χ0v) is 16.0. The van der Waals surface area contributed by atoms with Gasteiger partial charge in [0.2, 0.25) is 5.91 Å². The van der Waals surface area contributed by atoms with E-state index in [-0.39, 0.29) is 42.0 Å². The number of alkyl halides is 3. The van der Waals surface area contributed by atoms with E-state index < -0.39 is 11.7 Å². The number of aryl methyl sites for hydroxylation is 1. The van der Waals surface area contributed by atoms with E-state index in [1.54, 1.807) is 19.1 Å². The number of nitrogens with one attached hydrogen (secondary N) is 2. The summed E-state index contributed by atoms with van der Waals surface area (Å²) in [7, 11) is 0. The van der Waals surface area contributed by atoms with Gasteiger partial charge in [-0.05, 0) is 43.7 Å². The summed E-state index contributed by atoms with van der Waals surface area (Å²) < 4.78 is 45.2. The van der Waals surface area contributed by atoms with Crippen LogP contribution in [0.2, 0.25) is 0 Å². The second-order valence-electron chi connectivity index (χ2n) is 6.52.